The summed E-state index contributed by atoms with van der Waals surface area (Å²) >= 11 is 0. The molecule has 2 amide bonds. The van der Waals surface area contributed by atoms with E-state index in [0.717, 1.165) is 17.8 Å². The average Bonchev–Trinajstić information content (AvgIpc) is 3.54. The van der Waals surface area contributed by atoms with Gasteiger partial charge in [0.1, 0.15) is 6.10 Å². The molecule has 1 saturated heterocycles. The summed E-state index contributed by atoms with van der Waals surface area (Å²) in [6, 6.07) is 10.1. The van der Waals surface area contributed by atoms with Crippen LogP contribution in [0.2, 0.25) is 0 Å². The van der Waals surface area contributed by atoms with Gasteiger partial charge in [-0.3, -0.25) is 9.59 Å². The van der Waals surface area contributed by atoms with Crippen molar-refractivity contribution in [3.63, 3.8) is 0 Å². The number of aromatic nitrogens is 2. The van der Waals surface area contributed by atoms with Gasteiger partial charge in [-0.2, -0.15) is 0 Å². The lowest BCUT2D eigenvalue weighted by molar-refractivity contribution is -0.126. The van der Waals surface area contributed by atoms with Crippen molar-refractivity contribution in [1.29, 1.82) is 0 Å². The minimum absolute atomic E-state index is 0.0127. The highest BCUT2D eigenvalue weighted by atomic mass is 16.5. The molecule has 1 atom stereocenters. The zero-order valence-corrected chi connectivity index (χ0v) is 17.1. The molecule has 2 aliphatic heterocycles. The van der Waals surface area contributed by atoms with E-state index in [4.69, 9.17) is 4.74 Å². The van der Waals surface area contributed by atoms with Crippen LogP contribution in [0.1, 0.15) is 53.5 Å². The molecule has 158 valence electrons. The van der Waals surface area contributed by atoms with Crippen LogP contribution in [0, 0.1) is 11.8 Å². The molecule has 2 aromatic rings. The Balaban J connectivity index is 1.19. The van der Waals surface area contributed by atoms with E-state index in [0.29, 0.717) is 50.7 Å². The number of piperidine rings is 1. The van der Waals surface area contributed by atoms with Crippen LogP contribution in [0.5, 0.6) is 0 Å². The lowest BCUT2D eigenvalue weighted by Gasteiger charge is -2.31. The summed E-state index contributed by atoms with van der Waals surface area (Å²) in [5, 5.41) is 3.07. The van der Waals surface area contributed by atoms with Crippen LogP contribution in [-0.4, -0.2) is 45.9 Å². The Morgan fingerprint density at radius 3 is 2.60 bits per heavy atom. The summed E-state index contributed by atoms with van der Waals surface area (Å²) in [6.45, 7) is 3.03. The highest BCUT2D eigenvalue weighted by molar-refractivity contribution is 5.93. The number of carbonyl (C=O) groups is 2. The van der Waals surface area contributed by atoms with E-state index >= 15 is 0 Å². The lowest BCUT2D eigenvalue weighted by atomic mass is 9.95. The molecule has 5 rings (SSSR count). The van der Waals surface area contributed by atoms with Gasteiger partial charge in [-0.15, -0.1) is 0 Å². The molecule has 3 heterocycles. The monoisotopic (exact) mass is 408 g/mol. The van der Waals surface area contributed by atoms with Gasteiger partial charge in [0.05, 0.1) is 25.2 Å². The summed E-state index contributed by atoms with van der Waals surface area (Å²) < 4.78 is 8.08. The third-order valence-electron chi connectivity index (χ3n) is 6.52. The van der Waals surface area contributed by atoms with Crippen molar-refractivity contribution in [3.05, 3.63) is 53.6 Å². The Morgan fingerprint density at radius 2 is 1.87 bits per heavy atom. The maximum absolute atomic E-state index is 13.1. The Bertz CT molecular complexity index is 914. The molecule has 7 nitrogen and oxygen atoms in total. The van der Waals surface area contributed by atoms with Crippen molar-refractivity contribution in [2.45, 2.75) is 44.9 Å². The van der Waals surface area contributed by atoms with Gasteiger partial charge in [-0.05, 0) is 37.2 Å². The lowest BCUT2D eigenvalue weighted by Crippen LogP contribution is -2.43. The largest absolute Gasteiger partial charge is 0.365 e. The van der Waals surface area contributed by atoms with Gasteiger partial charge in [0.15, 0.2) is 5.69 Å². The van der Waals surface area contributed by atoms with Crippen molar-refractivity contribution < 1.29 is 14.3 Å². The zero-order valence-electron chi connectivity index (χ0n) is 17.1. The van der Waals surface area contributed by atoms with E-state index in [-0.39, 0.29) is 23.8 Å². The highest BCUT2D eigenvalue weighted by Crippen LogP contribution is 2.29. The molecule has 0 radical (unpaired) electrons. The van der Waals surface area contributed by atoms with Crippen molar-refractivity contribution in [3.8, 4) is 0 Å². The number of rotatable bonds is 5. The summed E-state index contributed by atoms with van der Waals surface area (Å²) in [5.74, 6) is 0.793. The fraction of sp³-hybridized carbons (Fsp3) is 0.522. The van der Waals surface area contributed by atoms with E-state index in [2.05, 4.69) is 22.4 Å². The van der Waals surface area contributed by atoms with E-state index in [1.165, 1.54) is 12.8 Å². The van der Waals surface area contributed by atoms with Crippen LogP contribution in [0.3, 0.4) is 0 Å². The summed E-state index contributed by atoms with van der Waals surface area (Å²) in [5.41, 5.74) is 2.46. The number of imidazole rings is 1. The third-order valence-corrected chi connectivity index (χ3v) is 6.52. The second kappa shape index (κ2) is 8.22. The molecular weight excluding hydrogens is 380 g/mol. The molecule has 1 aliphatic carbocycles. The molecule has 1 saturated carbocycles. The number of amides is 2. The summed E-state index contributed by atoms with van der Waals surface area (Å²) in [7, 11) is 0. The Morgan fingerprint density at radius 1 is 1.10 bits per heavy atom. The van der Waals surface area contributed by atoms with E-state index in [9.17, 15) is 9.59 Å². The molecule has 30 heavy (non-hydrogen) atoms. The first-order valence-corrected chi connectivity index (χ1v) is 11.0. The quantitative estimate of drug-likeness (QED) is 0.825. The first-order valence-electron chi connectivity index (χ1n) is 11.0. The molecule has 0 bridgehead atoms. The predicted molar refractivity (Wildman–Crippen MR) is 111 cm³/mol. The summed E-state index contributed by atoms with van der Waals surface area (Å²) in [6.07, 6.45) is 5.62. The number of fused-ring (bicyclic) bond motifs is 1. The number of carbonyl (C=O) groups excluding carboxylic acids is 2. The number of hydrogen-bond donors (Lipinski definition) is 1. The maximum atomic E-state index is 13.1. The van der Waals surface area contributed by atoms with E-state index in [1.807, 2.05) is 27.7 Å². The van der Waals surface area contributed by atoms with Crippen LogP contribution < -0.4 is 5.32 Å². The SMILES string of the molecule is O=C(NCC1CC1)C1CCN(C(=O)c2ncn3c2COC(c2ccccc2)C3)CC1. The number of nitrogens with zero attached hydrogens (tertiary/aromatic N) is 3. The second-order valence-corrected chi connectivity index (χ2v) is 8.66. The second-order valence-electron chi connectivity index (χ2n) is 8.66. The van der Waals surface area contributed by atoms with Crippen LogP contribution in [0.4, 0.5) is 0 Å². The van der Waals surface area contributed by atoms with Gasteiger partial charge in [-0.1, -0.05) is 30.3 Å². The average molecular weight is 409 g/mol. The first-order chi connectivity index (χ1) is 14.7. The maximum Gasteiger partial charge on any atom is 0.274 e. The van der Waals surface area contributed by atoms with Gasteiger partial charge < -0.3 is 19.5 Å². The molecule has 2 fully saturated rings. The highest BCUT2D eigenvalue weighted by Gasteiger charge is 2.32. The zero-order chi connectivity index (χ0) is 20.5. The predicted octanol–water partition coefficient (Wildman–Crippen LogP) is 2.53. The Hall–Kier alpha value is -2.67. The molecule has 1 aromatic heterocycles. The molecule has 3 aliphatic rings. The van der Waals surface area contributed by atoms with Gasteiger partial charge in [0, 0.05) is 25.6 Å². The Labute approximate surface area is 176 Å². The number of benzene rings is 1. The molecule has 0 spiro atoms. The fourth-order valence-electron chi connectivity index (χ4n) is 4.38. The fourth-order valence-corrected chi connectivity index (χ4v) is 4.38. The molecular formula is C23H28N4O3. The molecule has 7 heteroatoms. The third kappa shape index (κ3) is 3.99. The van der Waals surface area contributed by atoms with E-state index < -0.39 is 0 Å². The van der Waals surface area contributed by atoms with Gasteiger partial charge >= 0.3 is 0 Å². The van der Waals surface area contributed by atoms with Crippen LogP contribution in [-0.2, 0) is 22.7 Å². The molecule has 1 unspecified atom stereocenters. The van der Waals surface area contributed by atoms with Crippen molar-refractivity contribution >= 4 is 11.8 Å². The molecule has 1 N–H and O–H groups in total. The number of ether oxygens (including phenoxy) is 1. The first kappa shape index (κ1) is 19.3. The van der Waals surface area contributed by atoms with Gasteiger partial charge in [0.2, 0.25) is 5.91 Å². The van der Waals surface area contributed by atoms with Crippen LogP contribution >= 0.6 is 0 Å². The Kier molecular flexibility index (Phi) is 5.29. The normalized spacial score (nSPS) is 21.9. The number of hydrogen-bond acceptors (Lipinski definition) is 4. The van der Waals surface area contributed by atoms with Crippen LogP contribution in [0.25, 0.3) is 0 Å². The van der Waals surface area contributed by atoms with Crippen molar-refractivity contribution in [2.24, 2.45) is 11.8 Å². The van der Waals surface area contributed by atoms with E-state index in [1.54, 1.807) is 6.33 Å². The number of nitrogens with one attached hydrogen (secondary N) is 1. The van der Waals surface area contributed by atoms with Crippen molar-refractivity contribution in [2.75, 3.05) is 19.6 Å². The summed E-state index contributed by atoms with van der Waals surface area (Å²) in [4.78, 5) is 31.7. The van der Waals surface area contributed by atoms with Crippen molar-refractivity contribution in [1.82, 2.24) is 19.8 Å². The minimum atomic E-state index is -0.0534. The molecule has 1 aromatic carbocycles. The van der Waals surface area contributed by atoms with Gasteiger partial charge in [-0.25, -0.2) is 4.98 Å². The van der Waals surface area contributed by atoms with Crippen LogP contribution in [0.15, 0.2) is 36.7 Å². The standard InChI is InChI=1S/C23H28N4O3/c28-22(24-12-16-6-7-16)18-8-10-26(11-9-18)23(29)21-19-14-30-20(13-27(19)15-25-21)17-4-2-1-3-5-17/h1-5,15-16,18,20H,6-14H2,(H,24,28). The topological polar surface area (TPSA) is 76.5 Å². The minimum Gasteiger partial charge on any atom is -0.365 e. The van der Waals surface area contributed by atoms with Gasteiger partial charge in [0.25, 0.3) is 5.91 Å². The number of likely N-dealkylation sites (tertiary alicyclic amines) is 1. The smallest absolute Gasteiger partial charge is 0.274 e.